The van der Waals surface area contributed by atoms with Gasteiger partial charge < -0.3 is 9.64 Å². The molecule has 122 valence electrons. The van der Waals surface area contributed by atoms with E-state index in [4.69, 9.17) is 9.84 Å². The highest BCUT2D eigenvalue weighted by Gasteiger charge is 2.61. The number of nitrogens with zero attached hydrogens (tertiary/aromatic N) is 3. The Morgan fingerprint density at radius 2 is 1.75 bits per heavy atom. The predicted octanol–water partition coefficient (Wildman–Crippen LogP) is 2.84. The Morgan fingerprint density at radius 1 is 1.08 bits per heavy atom. The number of rotatable bonds is 2. The van der Waals surface area contributed by atoms with Crippen LogP contribution in [0.2, 0.25) is 0 Å². The van der Waals surface area contributed by atoms with Gasteiger partial charge in [0.05, 0.1) is 11.4 Å². The highest BCUT2D eigenvalue weighted by Crippen LogP contribution is 2.49. The minimum absolute atomic E-state index is 0.0153. The van der Waals surface area contributed by atoms with Crippen LogP contribution in [0.5, 0.6) is 0 Å². The number of carbonyl (C=O) groups is 1. The average molecular weight is 321 g/mol. The zero-order chi connectivity index (χ0) is 16.9. The molecule has 2 heterocycles. The molecular formula is C19H19N3O2. The van der Waals surface area contributed by atoms with Crippen molar-refractivity contribution in [3.05, 3.63) is 65.7 Å². The summed E-state index contributed by atoms with van der Waals surface area (Å²) < 4.78 is 5.82. The van der Waals surface area contributed by atoms with Crippen molar-refractivity contribution in [3.63, 3.8) is 0 Å². The van der Waals surface area contributed by atoms with Gasteiger partial charge in [-0.1, -0.05) is 36.4 Å². The number of hydrogen-bond acceptors (Lipinski definition) is 4. The second-order valence-corrected chi connectivity index (χ2v) is 6.14. The lowest BCUT2D eigenvalue weighted by atomic mass is 9.90. The largest absolute Gasteiger partial charge is 0.370 e. The van der Waals surface area contributed by atoms with Crippen LogP contribution in [0.1, 0.15) is 22.8 Å². The SMILES string of the molecule is CO[C@@H]1C(C)=NN(c2ccccc2)[C@@]12c1ccccc1C(=O)N2C. The number of ether oxygens (including phenoxy) is 1. The van der Waals surface area contributed by atoms with Gasteiger partial charge in [-0.15, -0.1) is 0 Å². The molecule has 2 aromatic rings. The Balaban J connectivity index is 2.01. The lowest BCUT2D eigenvalue weighted by molar-refractivity contribution is 0.01000. The van der Waals surface area contributed by atoms with Crippen LogP contribution in [-0.4, -0.2) is 36.8 Å². The standard InChI is InChI=1S/C19H19N3O2/c1-13-17(24-3)19(22(20-13)14-9-5-4-6-10-14)16-12-8-7-11-15(16)18(23)21(19)2/h4-12,17H,1-3H3/t17-,19+/m1/s1. The first-order chi connectivity index (χ1) is 11.6. The number of likely N-dealkylation sites (N-methyl/N-ethyl adjacent to an activating group) is 1. The van der Waals surface area contributed by atoms with Gasteiger partial charge in [-0.2, -0.15) is 5.10 Å². The van der Waals surface area contributed by atoms with Crippen LogP contribution in [0.3, 0.4) is 0 Å². The molecule has 4 rings (SSSR count). The molecule has 0 unspecified atom stereocenters. The molecule has 0 saturated carbocycles. The molecular weight excluding hydrogens is 302 g/mol. The summed E-state index contributed by atoms with van der Waals surface area (Å²) in [7, 11) is 3.48. The third-order valence-electron chi connectivity index (χ3n) is 4.93. The topological polar surface area (TPSA) is 45.1 Å². The van der Waals surface area contributed by atoms with E-state index in [1.165, 1.54) is 0 Å². The summed E-state index contributed by atoms with van der Waals surface area (Å²) in [5.74, 6) is -0.0153. The summed E-state index contributed by atoms with van der Waals surface area (Å²) in [5.41, 5.74) is 2.60. The summed E-state index contributed by atoms with van der Waals surface area (Å²) in [5, 5.41) is 6.68. The van der Waals surface area contributed by atoms with Crippen LogP contribution in [0.25, 0.3) is 0 Å². The van der Waals surface area contributed by atoms with Gasteiger partial charge in [0.25, 0.3) is 5.91 Å². The first kappa shape index (κ1) is 14.9. The monoisotopic (exact) mass is 321 g/mol. The maximum absolute atomic E-state index is 12.9. The average Bonchev–Trinajstić information content (AvgIpc) is 3.04. The number of benzene rings is 2. The summed E-state index contributed by atoms with van der Waals surface area (Å²) in [6.07, 6.45) is -0.338. The Hall–Kier alpha value is -2.66. The summed E-state index contributed by atoms with van der Waals surface area (Å²) in [6.45, 7) is 1.94. The van der Waals surface area contributed by atoms with Crippen LogP contribution in [0.15, 0.2) is 59.7 Å². The zero-order valence-electron chi connectivity index (χ0n) is 13.9. The van der Waals surface area contributed by atoms with Crippen molar-refractivity contribution in [2.45, 2.75) is 18.7 Å². The molecule has 1 spiro atoms. The fraction of sp³-hybridized carbons (Fsp3) is 0.263. The first-order valence-corrected chi connectivity index (χ1v) is 7.93. The smallest absolute Gasteiger partial charge is 0.256 e. The van der Waals surface area contributed by atoms with Crippen LogP contribution < -0.4 is 5.01 Å². The lowest BCUT2D eigenvalue weighted by Gasteiger charge is -2.43. The number of anilines is 1. The number of hydrazone groups is 1. The number of hydrogen-bond donors (Lipinski definition) is 0. The van der Waals surface area contributed by atoms with E-state index in [0.29, 0.717) is 5.56 Å². The van der Waals surface area contributed by atoms with E-state index in [9.17, 15) is 4.79 Å². The molecule has 2 aliphatic rings. The van der Waals surface area contributed by atoms with E-state index in [0.717, 1.165) is 17.0 Å². The molecule has 1 amide bonds. The zero-order valence-corrected chi connectivity index (χ0v) is 13.9. The van der Waals surface area contributed by atoms with Gasteiger partial charge in [-0.25, -0.2) is 5.01 Å². The molecule has 5 heteroatoms. The minimum atomic E-state index is -0.798. The molecule has 0 aromatic heterocycles. The molecule has 5 nitrogen and oxygen atoms in total. The third kappa shape index (κ3) is 1.67. The Bertz CT molecular complexity index is 834. The maximum atomic E-state index is 12.9. The summed E-state index contributed by atoms with van der Waals surface area (Å²) in [4.78, 5) is 14.6. The lowest BCUT2D eigenvalue weighted by Crippen LogP contribution is -2.58. The van der Waals surface area contributed by atoms with Crippen molar-refractivity contribution in [2.75, 3.05) is 19.2 Å². The molecule has 2 atom stereocenters. The molecule has 2 aliphatic heterocycles. The van der Waals surface area contributed by atoms with Crippen molar-refractivity contribution in [2.24, 2.45) is 5.10 Å². The van der Waals surface area contributed by atoms with E-state index in [1.54, 1.807) is 12.0 Å². The summed E-state index contributed by atoms with van der Waals surface area (Å²) in [6, 6.07) is 17.6. The molecule has 0 bridgehead atoms. The van der Waals surface area contributed by atoms with Crippen LogP contribution in [-0.2, 0) is 10.4 Å². The van der Waals surface area contributed by atoms with Gasteiger partial charge in [0.2, 0.25) is 0 Å². The van der Waals surface area contributed by atoms with Crippen molar-refractivity contribution in [1.29, 1.82) is 0 Å². The van der Waals surface area contributed by atoms with Gasteiger partial charge in [-0.05, 0) is 25.1 Å². The number of carbonyl (C=O) groups excluding carboxylic acids is 1. The fourth-order valence-corrected chi connectivity index (χ4v) is 3.93. The van der Waals surface area contributed by atoms with Gasteiger partial charge in [0, 0.05) is 25.3 Å². The molecule has 2 aromatic carbocycles. The minimum Gasteiger partial charge on any atom is -0.370 e. The molecule has 0 N–H and O–H groups in total. The Morgan fingerprint density at radius 3 is 2.46 bits per heavy atom. The maximum Gasteiger partial charge on any atom is 0.256 e. The Kier molecular flexibility index (Phi) is 3.21. The third-order valence-corrected chi connectivity index (χ3v) is 4.93. The van der Waals surface area contributed by atoms with Crippen LogP contribution in [0.4, 0.5) is 5.69 Å². The summed E-state index contributed by atoms with van der Waals surface area (Å²) >= 11 is 0. The Labute approximate surface area is 141 Å². The number of amides is 1. The second kappa shape index (κ2) is 5.18. The predicted molar refractivity (Wildman–Crippen MR) is 93.0 cm³/mol. The fourth-order valence-electron chi connectivity index (χ4n) is 3.93. The number of para-hydroxylation sites is 1. The van der Waals surface area contributed by atoms with Crippen molar-refractivity contribution in [1.82, 2.24) is 4.90 Å². The van der Waals surface area contributed by atoms with Crippen LogP contribution in [0, 0.1) is 0 Å². The van der Waals surface area contributed by atoms with E-state index in [1.807, 2.05) is 73.6 Å². The van der Waals surface area contributed by atoms with Gasteiger partial charge in [0.1, 0.15) is 6.10 Å². The number of fused-ring (bicyclic) bond motifs is 2. The van der Waals surface area contributed by atoms with Crippen molar-refractivity contribution >= 4 is 17.3 Å². The number of methoxy groups -OCH3 is 1. The molecule has 24 heavy (non-hydrogen) atoms. The quantitative estimate of drug-likeness (QED) is 0.854. The normalized spacial score (nSPS) is 25.4. The van der Waals surface area contributed by atoms with E-state index < -0.39 is 5.66 Å². The highest BCUT2D eigenvalue weighted by atomic mass is 16.5. The molecule has 0 radical (unpaired) electrons. The van der Waals surface area contributed by atoms with Gasteiger partial charge in [0.15, 0.2) is 5.66 Å². The van der Waals surface area contributed by atoms with Crippen molar-refractivity contribution < 1.29 is 9.53 Å². The second-order valence-electron chi connectivity index (χ2n) is 6.14. The molecule has 0 aliphatic carbocycles. The molecule has 0 saturated heterocycles. The molecule has 0 fully saturated rings. The highest BCUT2D eigenvalue weighted by molar-refractivity contribution is 6.04. The van der Waals surface area contributed by atoms with Crippen LogP contribution >= 0.6 is 0 Å². The van der Waals surface area contributed by atoms with E-state index in [2.05, 4.69) is 0 Å². The van der Waals surface area contributed by atoms with Gasteiger partial charge in [-0.3, -0.25) is 4.79 Å². The van der Waals surface area contributed by atoms with E-state index >= 15 is 0 Å². The van der Waals surface area contributed by atoms with Gasteiger partial charge >= 0.3 is 0 Å². The van der Waals surface area contributed by atoms with Crippen molar-refractivity contribution in [3.8, 4) is 0 Å². The first-order valence-electron chi connectivity index (χ1n) is 7.93. The van der Waals surface area contributed by atoms with E-state index in [-0.39, 0.29) is 12.0 Å².